The Hall–Kier alpha value is -1.06. The van der Waals surface area contributed by atoms with Crippen LogP contribution < -0.4 is 5.73 Å². The van der Waals surface area contributed by atoms with E-state index < -0.39 is 0 Å². The van der Waals surface area contributed by atoms with Gasteiger partial charge in [-0.1, -0.05) is 11.6 Å². The van der Waals surface area contributed by atoms with Gasteiger partial charge in [0.15, 0.2) is 0 Å². The van der Waals surface area contributed by atoms with E-state index in [-0.39, 0.29) is 18.0 Å². The zero-order valence-corrected chi connectivity index (χ0v) is 11.6. The van der Waals surface area contributed by atoms with Crippen molar-refractivity contribution < 1.29 is 4.79 Å². The molecule has 0 saturated carbocycles. The highest BCUT2D eigenvalue weighted by Crippen LogP contribution is 2.21. The molecule has 0 aliphatic carbocycles. The Labute approximate surface area is 113 Å². The Bertz CT molecular complexity index is 441. The van der Waals surface area contributed by atoms with Crippen LogP contribution in [0.25, 0.3) is 0 Å². The quantitative estimate of drug-likeness (QED) is 0.849. The average molecular weight is 267 g/mol. The standard InChI is InChI=1S/C14H19ClN2O/c1-9-5-11(8-12(15)6-9)14(18)17-4-3-13(16)7-10(17)2/h5-6,8,10,13H,3-4,7,16H2,1-2H3. The van der Waals surface area contributed by atoms with Crippen LogP contribution >= 0.6 is 11.6 Å². The van der Waals surface area contributed by atoms with Crippen molar-refractivity contribution in [2.45, 2.75) is 38.8 Å². The van der Waals surface area contributed by atoms with Gasteiger partial charge < -0.3 is 10.6 Å². The number of aryl methyl sites for hydroxylation is 1. The van der Waals surface area contributed by atoms with Crippen LogP contribution in [0.15, 0.2) is 18.2 Å². The van der Waals surface area contributed by atoms with Crippen LogP contribution in [0.4, 0.5) is 0 Å². The Balaban J connectivity index is 2.20. The summed E-state index contributed by atoms with van der Waals surface area (Å²) in [6, 6.07) is 5.88. The maximum atomic E-state index is 12.4. The number of likely N-dealkylation sites (tertiary alicyclic amines) is 1. The van der Waals surface area contributed by atoms with Gasteiger partial charge in [0, 0.05) is 29.2 Å². The minimum atomic E-state index is 0.0556. The van der Waals surface area contributed by atoms with E-state index in [4.69, 9.17) is 17.3 Å². The van der Waals surface area contributed by atoms with Gasteiger partial charge in [-0.3, -0.25) is 4.79 Å². The molecule has 2 N–H and O–H groups in total. The highest BCUT2D eigenvalue weighted by molar-refractivity contribution is 6.31. The molecule has 98 valence electrons. The van der Waals surface area contributed by atoms with Crippen LogP contribution in [0.2, 0.25) is 5.02 Å². The van der Waals surface area contributed by atoms with Crippen LogP contribution in [-0.4, -0.2) is 29.4 Å². The van der Waals surface area contributed by atoms with Gasteiger partial charge in [0.25, 0.3) is 5.91 Å². The number of hydrogen-bond acceptors (Lipinski definition) is 2. The topological polar surface area (TPSA) is 46.3 Å². The number of benzene rings is 1. The summed E-state index contributed by atoms with van der Waals surface area (Å²) in [7, 11) is 0. The minimum Gasteiger partial charge on any atom is -0.336 e. The van der Waals surface area contributed by atoms with Crippen molar-refractivity contribution in [2.75, 3.05) is 6.54 Å². The molecule has 1 aromatic carbocycles. The lowest BCUT2D eigenvalue weighted by molar-refractivity contribution is 0.0619. The van der Waals surface area contributed by atoms with Crippen molar-refractivity contribution in [2.24, 2.45) is 5.73 Å². The normalized spacial score (nSPS) is 24.1. The first-order valence-electron chi connectivity index (χ1n) is 6.31. The third-order valence-electron chi connectivity index (χ3n) is 3.47. The third kappa shape index (κ3) is 2.85. The van der Waals surface area contributed by atoms with Crippen LogP contribution in [0.5, 0.6) is 0 Å². The number of carbonyl (C=O) groups is 1. The maximum absolute atomic E-state index is 12.4. The predicted molar refractivity (Wildman–Crippen MR) is 73.9 cm³/mol. The van der Waals surface area contributed by atoms with Crippen molar-refractivity contribution in [3.8, 4) is 0 Å². The molecule has 2 atom stereocenters. The minimum absolute atomic E-state index is 0.0556. The van der Waals surface area contributed by atoms with Crippen molar-refractivity contribution in [3.05, 3.63) is 34.3 Å². The highest BCUT2D eigenvalue weighted by atomic mass is 35.5. The largest absolute Gasteiger partial charge is 0.336 e. The van der Waals surface area contributed by atoms with E-state index >= 15 is 0 Å². The molecule has 2 unspecified atom stereocenters. The molecule has 0 spiro atoms. The van der Waals surface area contributed by atoms with Crippen LogP contribution in [0, 0.1) is 6.92 Å². The highest BCUT2D eigenvalue weighted by Gasteiger charge is 2.27. The van der Waals surface area contributed by atoms with Crippen molar-refractivity contribution in [3.63, 3.8) is 0 Å². The Morgan fingerprint density at radius 2 is 2.17 bits per heavy atom. The molecular formula is C14H19ClN2O. The summed E-state index contributed by atoms with van der Waals surface area (Å²) in [4.78, 5) is 14.3. The molecule has 0 bridgehead atoms. The fourth-order valence-corrected chi connectivity index (χ4v) is 2.83. The average Bonchev–Trinajstić information content (AvgIpc) is 2.26. The van der Waals surface area contributed by atoms with E-state index in [0.717, 1.165) is 24.9 Å². The summed E-state index contributed by atoms with van der Waals surface area (Å²) in [6.45, 7) is 4.72. The lowest BCUT2D eigenvalue weighted by atomic mass is 9.98. The van der Waals surface area contributed by atoms with Crippen molar-refractivity contribution in [1.82, 2.24) is 4.90 Å². The van der Waals surface area contributed by atoms with Crippen LogP contribution in [0.3, 0.4) is 0 Å². The smallest absolute Gasteiger partial charge is 0.254 e. The van der Waals surface area contributed by atoms with Gasteiger partial charge in [-0.15, -0.1) is 0 Å². The summed E-state index contributed by atoms with van der Waals surface area (Å²) >= 11 is 6.00. The lowest BCUT2D eigenvalue weighted by Gasteiger charge is -2.36. The fourth-order valence-electron chi connectivity index (χ4n) is 2.54. The Kier molecular flexibility index (Phi) is 3.93. The molecule has 18 heavy (non-hydrogen) atoms. The van der Waals surface area contributed by atoms with Gasteiger partial charge in [-0.25, -0.2) is 0 Å². The van der Waals surface area contributed by atoms with E-state index in [1.807, 2.05) is 30.9 Å². The first-order valence-corrected chi connectivity index (χ1v) is 6.69. The first-order chi connectivity index (χ1) is 8.47. The second kappa shape index (κ2) is 5.29. The first kappa shape index (κ1) is 13.4. The summed E-state index contributed by atoms with van der Waals surface area (Å²) in [5.74, 6) is 0.0556. The van der Waals surface area contributed by atoms with E-state index in [9.17, 15) is 4.79 Å². The maximum Gasteiger partial charge on any atom is 0.254 e. The molecule has 3 nitrogen and oxygen atoms in total. The Morgan fingerprint density at radius 3 is 2.78 bits per heavy atom. The number of nitrogens with two attached hydrogens (primary N) is 1. The summed E-state index contributed by atoms with van der Waals surface area (Å²) in [6.07, 6.45) is 1.74. The zero-order valence-electron chi connectivity index (χ0n) is 10.8. The van der Waals surface area contributed by atoms with Crippen molar-refractivity contribution in [1.29, 1.82) is 0 Å². The van der Waals surface area contributed by atoms with Gasteiger partial charge in [0.1, 0.15) is 0 Å². The number of nitrogens with zero attached hydrogens (tertiary/aromatic N) is 1. The van der Waals surface area contributed by atoms with Gasteiger partial charge in [0.2, 0.25) is 0 Å². The van der Waals surface area contributed by atoms with Gasteiger partial charge in [0.05, 0.1) is 0 Å². The number of rotatable bonds is 1. The SMILES string of the molecule is Cc1cc(Cl)cc(C(=O)N2CCC(N)CC2C)c1. The number of amides is 1. The zero-order chi connectivity index (χ0) is 13.3. The molecular weight excluding hydrogens is 248 g/mol. The second-order valence-electron chi connectivity index (χ2n) is 5.15. The summed E-state index contributed by atoms with van der Waals surface area (Å²) in [5.41, 5.74) is 7.59. The molecule has 1 aromatic rings. The molecule has 1 fully saturated rings. The molecule has 0 radical (unpaired) electrons. The molecule has 4 heteroatoms. The van der Waals surface area contributed by atoms with E-state index in [0.29, 0.717) is 10.6 Å². The van der Waals surface area contributed by atoms with Crippen LogP contribution in [-0.2, 0) is 0 Å². The number of halogens is 1. The second-order valence-corrected chi connectivity index (χ2v) is 5.59. The third-order valence-corrected chi connectivity index (χ3v) is 3.68. The predicted octanol–water partition coefficient (Wildman–Crippen LogP) is 2.60. The number of carbonyl (C=O) groups excluding carboxylic acids is 1. The van der Waals surface area contributed by atoms with E-state index in [1.165, 1.54) is 0 Å². The Morgan fingerprint density at radius 1 is 1.44 bits per heavy atom. The molecule has 2 rings (SSSR count). The van der Waals surface area contributed by atoms with Crippen molar-refractivity contribution >= 4 is 17.5 Å². The molecule has 1 aliphatic heterocycles. The van der Waals surface area contributed by atoms with Crippen LogP contribution in [0.1, 0.15) is 35.7 Å². The molecule has 1 saturated heterocycles. The molecule has 1 heterocycles. The lowest BCUT2D eigenvalue weighted by Crippen LogP contribution is -2.48. The summed E-state index contributed by atoms with van der Waals surface area (Å²) in [5, 5.41) is 0.611. The van der Waals surface area contributed by atoms with E-state index in [2.05, 4.69) is 0 Å². The summed E-state index contributed by atoms with van der Waals surface area (Å²) < 4.78 is 0. The van der Waals surface area contributed by atoms with Gasteiger partial charge in [-0.05, 0) is 50.5 Å². The molecule has 0 aromatic heterocycles. The number of hydrogen-bond donors (Lipinski definition) is 1. The van der Waals surface area contributed by atoms with Gasteiger partial charge in [-0.2, -0.15) is 0 Å². The molecule has 1 amide bonds. The van der Waals surface area contributed by atoms with E-state index in [1.54, 1.807) is 6.07 Å². The fraction of sp³-hybridized carbons (Fsp3) is 0.500. The van der Waals surface area contributed by atoms with Gasteiger partial charge >= 0.3 is 0 Å². The monoisotopic (exact) mass is 266 g/mol. The molecule has 1 aliphatic rings. The number of piperidine rings is 1.